The Morgan fingerprint density at radius 3 is 2.17 bits per heavy atom. The summed E-state index contributed by atoms with van der Waals surface area (Å²) < 4.78 is 0. The number of nitrogens with two attached hydrogens (primary N) is 1. The maximum absolute atomic E-state index is 12.1. The van der Waals surface area contributed by atoms with Gasteiger partial charge in [0.2, 0.25) is 0 Å². The summed E-state index contributed by atoms with van der Waals surface area (Å²) >= 11 is 4.75. The van der Waals surface area contributed by atoms with Crippen molar-refractivity contribution in [3.05, 3.63) is 65.2 Å². The van der Waals surface area contributed by atoms with Gasteiger partial charge in [0, 0.05) is 17.8 Å². The first-order valence-electron chi connectivity index (χ1n) is 8.05. The number of thiocarbonyl (C=S) groups is 1. The van der Waals surface area contributed by atoms with Crippen LogP contribution in [0.15, 0.2) is 48.5 Å². The molecule has 0 radical (unpaired) electrons. The summed E-state index contributed by atoms with van der Waals surface area (Å²) in [6.45, 7) is 6.69. The van der Waals surface area contributed by atoms with E-state index in [4.69, 9.17) is 18.0 Å². The summed E-state index contributed by atoms with van der Waals surface area (Å²) in [7, 11) is 0. The third-order valence-corrected chi connectivity index (χ3v) is 3.38. The zero-order valence-electron chi connectivity index (χ0n) is 14.4. The van der Waals surface area contributed by atoms with Gasteiger partial charge in [0.05, 0.1) is 0 Å². The molecule has 0 unspecified atom stereocenters. The number of aryl methyl sites for hydroxylation is 1. The summed E-state index contributed by atoms with van der Waals surface area (Å²) in [5, 5.41) is 6.10. The van der Waals surface area contributed by atoms with E-state index in [9.17, 15) is 4.79 Å². The normalized spacial score (nSPS) is 9.46. The SMILES string of the molecule is CC.Cc1ccc(C(=O)Nc2ccc(CCNC(N)=S)cc2)cc1. The number of nitrogens with one attached hydrogen (secondary N) is 2. The smallest absolute Gasteiger partial charge is 0.255 e. The lowest BCUT2D eigenvalue weighted by Gasteiger charge is -2.07. The number of hydrogen-bond acceptors (Lipinski definition) is 2. The molecule has 1 amide bonds. The van der Waals surface area contributed by atoms with E-state index in [2.05, 4.69) is 10.6 Å². The Hall–Kier alpha value is -2.40. The number of carbonyl (C=O) groups excluding carboxylic acids is 1. The van der Waals surface area contributed by atoms with Crippen LogP contribution >= 0.6 is 12.2 Å². The van der Waals surface area contributed by atoms with Gasteiger partial charge in [-0.05, 0) is 55.4 Å². The molecular weight excluding hydrogens is 318 g/mol. The second-order valence-corrected chi connectivity index (χ2v) is 5.50. The molecule has 0 aliphatic heterocycles. The molecule has 0 spiro atoms. The van der Waals surface area contributed by atoms with Crippen molar-refractivity contribution in [3.63, 3.8) is 0 Å². The Balaban J connectivity index is 0.00000139. The van der Waals surface area contributed by atoms with Gasteiger partial charge in [-0.2, -0.15) is 0 Å². The molecule has 0 atom stereocenters. The van der Waals surface area contributed by atoms with Crippen molar-refractivity contribution in [1.82, 2.24) is 5.32 Å². The van der Waals surface area contributed by atoms with Gasteiger partial charge in [0.1, 0.15) is 0 Å². The summed E-state index contributed by atoms with van der Waals surface area (Å²) in [6.07, 6.45) is 0.823. The van der Waals surface area contributed by atoms with E-state index in [1.54, 1.807) is 0 Å². The quantitative estimate of drug-likeness (QED) is 0.725. The predicted octanol–water partition coefficient (Wildman–Crippen LogP) is 3.65. The maximum atomic E-state index is 12.1. The first-order valence-corrected chi connectivity index (χ1v) is 8.46. The Morgan fingerprint density at radius 2 is 1.62 bits per heavy atom. The molecule has 0 aromatic heterocycles. The number of anilines is 1. The minimum atomic E-state index is -0.108. The number of hydrogen-bond donors (Lipinski definition) is 3. The van der Waals surface area contributed by atoms with E-state index in [1.807, 2.05) is 69.3 Å². The second kappa shape index (κ2) is 10.4. The zero-order valence-corrected chi connectivity index (χ0v) is 15.2. The lowest BCUT2D eigenvalue weighted by atomic mass is 10.1. The molecule has 0 aliphatic carbocycles. The van der Waals surface area contributed by atoms with Gasteiger partial charge in [-0.3, -0.25) is 4.79 Å². The molecule has 5 heteroatoms. The standard InChI is InChI=1S/C17H19N3OS.C2H6/c1-12-2-6-14(7-3-12)16(21)20-15-8-4-13(5-9-15)10-11-19-17(18)22;1-2/h2-9H,10-11H2,1H3,(H,20,21)(H3,18,19,22);1-2H3. The molecule has 128 valence electrons. The van der Waals surface area contributed by atoms with Crippen molar-refractivity contribution >= 4 is 28.9 Å². The van der Waals surface area contributed by atoms with E-state index < -0.39 is 0 Å². The Labute approximate surface area is 149 Å². The lowest BCUT2D eigenvalue weighted by molar-refractivity contribution is 0.102. The van der Waals surface area contributed by atoms with Gasteiger partial charge in [0.15, 0.2) is 5.11 Å². The minimum absolute atomic E-state index is 0.108. The lowest BCUT2D eigenvalue weighted by Crippen LogP contribution is -2.30. The van der Waals surface area contributed by atoms with Crippen molar-refractivity contribution in [3.8, 4) is 0 Å². The van der Waals surface area contributed by atoms with Crippen LogP contribution in [0, 0.1) is 6.92 Å². The molecule has 0 bridgehead atoms. The molecule has 0 saturated heterocycles. The molecule has 2 aromatic carbocycles. The molecule has 0 saturated carbocycles. The van der Waals surface area contributed by atoms with Gasteiger partial charge in [-0.1, -0.05) is 43.7 Å². The molecule has 4 N–H and O–H groups in total. The monoisotopic (exact) mass is 343 g/mol. The van der Waals surface area contributed by atoms with Crippen LogP contribution < -0.4 is 16.4 Å². The fourth-order valence-electron chi connectivity index (χ4n) is 1.99. The summed E-state index contributed by atoms with van der Waals surface area (Å²) in [5.74, 6) is -0.108. The molecule has 4 nitrogen and oxygen atoms in total. The highest BCUT2D eigenvalue weighted by Gasteiger charge is 2.05. The fourth-order valence-corrected chi connectivity index (χ4v) is 2.10. The zero-order chi connectivity index (χ0) is 17.9. The molecule has 2 aromatic rings. The molecule has 0 fully saturated rings. The number of carbonyl (C=O) groups is 1. The highest BCUT2D eigenvalue weighted by atomic mass is 32.1. The highest BCUT2D eigenvalue weighted by molar-refractivity contribution is 7.80. The van der Waals surface area contributed by atoms with Crippen LogP contribution in [-0.2, 0) is 6.42 Å². The maximum Gasteiger partial charge on any atom is 0.255 e. The van der Waals surface area contributed by atoms with Crippen molar-refractivity contribution in [2.45, 2.75) is 27.2 Å². The predicted molar refractivity (Wildman–Crippen MR) is 105 cm³/mol. The first kappa shape index (κ1) is 19.6. The fraction of sp³-hybridized carbons (Fsp3) is 0.263. The van der Waals surface area contributed by atoms with Gasteiger partial charge in [0.25, 0.3) is 5.91 Å². The molecule has 0 heterocycles. The second-order valence-electron chi connectivity index (χ2n) is 5.06. The van der Waals surface area contributed by atoms with Gasteiger partial charge >= 0.3 is 0 Å². The topological polar surface area (TPSA) is 67.2 Å². The van der Waals surface area contributed by atoms with E-state index in [0.717, 1.165) is 23.2 Å². The Kier molecular flexibility index (Phi) is 8.50. The summed E-state index contributed by atoms with van der Waals surface area (Å²) in [5.41, 5.74) is 9.08. The molecule has 2 rings (SSSR count). The average molecular weight is 343 g/mol. The van der Waals surface area contributed by atoms with Crippen molar-refractivity contribution in [2.24, 2.45) is 5.73 Å². The highest BCUT2D eigenvalue weighted by Crippen LogP contribution is 2.12. The Bertz CT molecular complexity index is 651. The van der Waals surface area contributed by atoms with E-state index in [1.165, 1.54) is 0 Å². The molecular formula is C19H25N3OS. The van der Waals surface area contributed by atoms with Crippen molar-refractivity contribution in [2.75, 3.05) is 11.9 Å². The average Bonchev–Trinajstić information content (AvgIpc) is 2.58. The van der Waals surface area contributed by atoms with Gasteiger partial charge in [-0.25, -0.2) is 0 Å². The minimum Gasteiger partial charge on any atom is -0.376 e. The van der Waals surface area contributed by atoms with Crippen LogP contribution in [0.1, 0.15) is 35.3 Å². The molecule has 0 aliphatic rings. The van der Waals surface area contributed by atoms with Gasteiger partial charge in [-0.15, -0.1) is 0 Å². The van der Waals surface area contributed by atoms with Crippen LogP contribution in [0.2, 0.25) is 0 Å². The van der Waals surface area contributed by atoms with Crippen molar-refractivity contribution < 1.29 is 4.79 Å². The van der Waals surface area contributed by atoms with Crippen LogP contribution in [0.3, 0.4) is 0 Å². The van der Waals surface area contributed by atoms with Crippen molar-refractivity contribution in [1.29, 1.82) is 0 Å². The molecule has 24 heavy (non-hydrogen) atoms. The van der Waals surface area contributed by atoms with E-state index in [0.29, 0.717) is 17.2 Å². The number of amides is 1. The van der Waals surface area contributed by atoms with Crippen LogP contribution in [0.25, 0.3) is 0 Å². The van der Waals surface area contributed by atoms with Crippen LogP contribution in [0.5, 0.6) is 0 Å². The Morgan fingerprint density at radius 1 is 1.04 bits per heavy atom. The largest absolute Gasteiger partial charge is 0.376 e. The van der Waals surface area contributed by atoms with Gasteiger partial charge < -0.3 is 16.4 Å². The first-order chi connectivity index (χ1) is 11.5. The van der Waals surface area contributed by atoms with Crippen LogP contribution in [0.4, 0.5) is 5.69 Å². The summed E-state index contributed by atoms with van der Waals surface area (Å²) in [4.78, 5) is 12.1. The van der Waals surface area contributed by atoms with E-state index >= 15 is 0 Å². The van der Waals surface area contributed by atoms with E-state index in [-0.39, 0.29) is 5.91 Å². The third kappa shape index (κ3) is 6.79. The number of rotatable bonds is 5. The summed E-state index contributed by atoms with van der Waals surface area (Å²) in [6, 6.07) is 15.2. The third-order valence-electron chi connectivity index (χ3n) is 3.24. The van der Waals surface area contributed by atoms with Crippen LogP contribution in [-0.4, -0.2) is 17.6 Å². The number of benzene rings is 2.